The molecule has 2 heterocycles. The Morgan fingerprint density at radius 3 is 1.94 bits per heavy atom. The highest BCUT2D eigenvalue weighted by molar-refractivity contribution is 7.22. The molecule has 6 aromatic rings. The number of para-hydroxylation sites is 1. The van der Waals surface area contributed by atoms with Crippen LogP contribution in [0, 0.1) is 6.92 Å². The van der Waals surface area contributed by atoms with Crippen molar-refractivity contribution in [3.63, 3.8) is 0 Å². The number of aryl methyl sites for hydroxylation is 1. The minimum absolute atomic E-state index is 0.971. The first kappa shape index (κ1) is 18.7. The van der Waals surface area contributed by atoms with Crippen molar-refractivity contribution in [3.8, 4) is 11.1 Å². The van der Waals surface area contributed by atoms with Crippen LogP contribution in [0.2, 0.25) is 0 Å². The molecule has 0 saturated heterocycles. The fourth-order valence-corrected chi connectivity index (χ4v) is 11.1. The third-order valence-electron chi connectivity index (χ3n) is 7.27. The average molecular weight is 439 g/mol. The molecule has 1 aliphatic heterocycles. The third kappa shape index (κ3) is 2.41. The maximum atomic E-state index is 6.42. The maximum Gasteiger partial charge on any atom is 0.180 e. The van der Waals surface area contributed by atoms with Crippen molar-refractivity contribution < 1.29 is 4.42 Å². The summed E-state index contributed by atoms with van der Waals surface area (Å²) >= 11 is 0. The molecule has 7 rings (SSSR count). The van der Waals surface area contributed by atoms with E-state index in [0.717, 1.165) is 11.2 Å². The molecular weight excluding hydrogens is 416 g/mol. The molecule has 0 bridgehead atoms. The molecule has 0 spiro atoms. The highest BCUT2D eigenvalue weighted by atomic mass is 28.3. The quantitative estimate of drug-likeness (QED) is 0.336. The summed E-state index contributed by atoms with van der Waals surface area (Å²) in [5.41, 5.74) is 5.80. The van der Waals surface area contributed by atoms with Gasteiger partial charge >= 0.3 is 0 Å². The zero-order valence-corrected chi connectivity index (χ0v) is 19.4. The van der Waals surface area contributed by atoms with E-state index >= 15 is 0 Å². The molecule has 0 atom stereocenters. The van der Waals surface area contributed by atoms with E-state index in [9.17, 15) is 0 Å². The lowest BCUT2D eigenvalue weighted by Crippen LogP contribution is -2.72. The normalized spacial score (nSPS) is 13.8. The second-order valence-corrected chi connectivity index (χ2v) is 12.7. The summed E-state index contributed by atoms with van der Waals surface area (Å²) in [6, 6.07) is 42.5. The van der Waals surface area contributed by atoms with Crippen LogP contribution in [0.5, 0.6) is 0 Å². The standard InChI is InChI=1S/C31H22OSi/c1-21-11-10-17-25-26-20-30-27(19-28(26)32-31(21)25)24-16-8-9-18-29(24)33(30,22-12-4-2-5-13-22)23-14-6-3-7-15-23/h2-20H,1H3. The zero-order chi connectivity index (χ0) is 22.0. The van der Waals surface area contributed by atoms with Gasteiger partial charge in [-0.2, -0.15) is 0 Å². The molecule has 0 aliphatic carbocycles. The number of fused-ring (bicyclic) bond motifs is 6. The van der Waals surface area contributed by atoms with Gasteiger partial charge in [0.05, 0.1) is 0 Å². The lowest BCUT2D eigenvalue weighted by atomic mass is 10.0. The summed E-state index contributed by atoms with van der Waals surface area (Å²) in [7, 11) is -2.46. The van der Waals surface area contributed by atoms with Crippen LogP contribution in [-0.2, 0) is 0 Å². The van der Waals surface area contributed by atoms with Gasteiger partial charge in [-0.05, 0) is 56.5 Å². The van der Waals surface area contributed by atoms with Crippen molar-refractivity contribution in [2.45, 2.75) is 6.92 Å². The van der Waals surface area contributed by atoms with Crippen LogP contribution in [0.25, 0.3) is 33.1 Å². The van der Waals surface area contributed by atoms with Crippen molar-refractivity contribution >= 4 is 50.8 Å². The summed E-state index contributed by atoms with van der Waals surface area (Å²) in [6.45, 7) is 2.13. The van der Waals surface area contributed by atoms with Gasteiger partial charge in [-0.25, -0.2) is 0 Å². The molecule has 33 heavy (non-hydrogen) atoms. The van der Waals surface area contributed by atoms with E-state index in [0.29, 0.717) is 0 Å². The van der Waals surface area contributed by atoms with E-state index in [1.807, 2.05) is 0 Å². The minimum atomic E-state index is -2.46. The lowest BCUT2D eigenvalue weighted by Gasteiger charge is -2.31. The Kier molecular flexibility index (Phi) is 3.85. The molecule has 156 valence electrons. The largest absolute Gasteiger partial charge is 0.456 e. The predicted molar refractivity (Wildman–Crippen MR) is 141 cm³/mol. The highest BCUT2D eigenvalue weighted by Crippen LogP contribution is 2.36. The van der Waals surface area contributed by atoms with Crippen LogP contribution in [0.4, 0.5) is 0 Å². The van der Waals surface area contributed by atoms with Gasteiger partial charge in [0.2, 0.25) is 0 Å². The Morgan fingerprint density at radius 1 is 0.545 bits per heavy atom. The molecule has 0 radical (unpaired) electrons. The van der Waals surface area contributed by atoms with Gasteiger partial charge in [0.15, 0.2) is 8.07 Å². The van der Waals surface area contributed by atoms with Crippen molar-refractivity contribution in [1.82, 2.24) is 0 Å². The Labute approximate surface area is 194 Å². The SMILES string of the molecule is Cc1cccc2c1oc1cc3c(cc12)[Si](c1ccccc1)(c1ccccc1)c1ccccc1-3. The summed E-state index contributed by atoms with van der Waals surface area (Å²) in [5, 5.41) is 8.18. The van der Waals surface area contributed by atoms with Gasteiger partial charge in [-0.3, -0.25) is 0 Å². The summed E-state index contributed by atoms with van der Waals surface area (Å²) in [6.07, 6.45) is 0. The molecule has 0 N–H and O–H groups in total. The van der Waals surface area contributed by atoms with Gasteiger partial charge in [0.1, 0.15) is 11.2 Å². The second-order valence-electron chi connectivity index (χ2n) is 8.98. The van der Waals surface area contributed by atoms with Gasteiger partial charge < -0.3 is 4.42 Å². The molecule has 0 amide bonds. The van der Waals surface area contributed by atoms with Crippen molar-refractivity contribution in [2.75, 3.05) is 0 Å². The molecule has 5 aromatic carbocycles. The van der Waals surface area contributed by atoms with Crippen molar-refractivity contribution in [3.05, 3.63) is 121 Å². The van der Waals surface area contributed by atoms with Crippen molar-refractivity contribution in [1.29, 1.82) is 0 Å². The van der Waals surface area contributed by atoms with Crippen molar-refractivity contribution in [2.24, 2.45) is 0 Å². The Balaban J connectivity index is 1.69. The zero-order valence-electron chi connectivity index (χ0n) is 18.4. The molecule has 1 nitrogen and oxygen atoms in total. The number of hydrogen-bond acceptors (Lipinski definition) is 1. The van der Waals surface area contributed by atoms with Crippen LogP contribution >= 0.6 is 0 Å². The molecule has 0 saturated carbocycles. The maximum absolute atomic E-state index is 6.42. The molecule has 0 fully saturated rings. The summed E-state index contributed by atoms with van der Waals surface area (Å²) in [5.74, 6) is 0. The van der Waals surface area contributed by atoms with Crippen LogP contribution in [0.3, 0.4) is 0 Å². The fourth-order valence-electron chi connectivity index (χ4n) is 5.87. The Bertz CT molecular complexity index is 1620. The monoisotopic (exact) mass is 438 g/mol. The first-order chi connectivity index (χ1) is 16.3. The van der Waals surface area contributed by atoms with Gasteiger partial charge in [-0.15, -0.1) is 0 Å². The highest BCUT2D eigenvalue weighted by Gasteiger charge is 2.48. The van der Waals surface area contributed by atoms with E-state index in [4.69, 9.17) is 4.42 Å². The van der Waals surface area contributed by atoms with E-state index in [1.54, 1.807) is 0 Å². The molecule has 1 aliphatic rings. The van der Waals surface area contributed by atoms with Gasteiger partial charge in [-0.1, -0.05) is 103 Å². The molecule has 0 unspecified atom stereocenters. The van der Waals surface area contributed by atoms with E-state index < -0.39 is 8.07 Å². The Morgan fingerprint density at radius 2 is 1.21 bits per heavy atom. The summed E-state index contributed by atoms with van der Waals surface area (Å²) < 4.78 is 6.42. The number of hydrogen-bond donors (Lipinski definition) is 0. The molecule has 2 heteroatoms. The molecule has 1 aromatic heterocycles. The van der Waals surface area contributed by atoms with Gasteiger partial charge in [0.25, 0.3) is 0 Å². The smallest absolute Gasteiger partial charge is 0.180 e. The second kappa shape index (κ2) is 6.81. The number of rotatable bonds is 2. The van der Waals surface area contributed by atoms with Gasteiger partial charge in [0, 0.05) is 10.8 Å². The third-order valence-corrected chi connectivity index (χ3v) is 12.1. The van der Waals surface area contributed by atoms with Crippen LogP contribution < -0.4 is 20.7 Å². The number of benzene rings is 5. The predicted octanol–water partition coefficient (Wildman–Crippen LogP) is 5.25. The first-order valence-corrected chi connectivity index (χ1v) is 13.5. The molecular formula is C31H22OSi. The Hall–Kier alpha value is -3.88. The van der Waals surface area contributed by atoms with E-state index in [-0.39, 0.29) is 0 Å². The van der Waals surface area contributed by atoms with E-state index in [2.05, 4.69) is 122 Å². The van der Waals surface area contributed by atoms with E-state index in [1.165, 1.54) is 48.2 Å². The summed E-state index contributed by atoms with van der Waals surface area (Å²) in [4.78, 5) is 0. The average Bonchev–Trinajstić information content (AvgIpc) is 3.38. The van der Waals surface area contributed by atoms with Crippen LogP contribution in [-0.4, -0.2) is 8.07 Å². The minimum Gasteiger partial charge on any atom is -0.456 e. The van der Waals surface area contributed by atoms with Crippen LogP contribution in [0.1, 0.15) is 5.56 Å². The van der Waals surface area contributed by atoms with Crippen LogP contribution in [0.15, 0.2) is 120 Å². The fraction of sp³-hybridized carbons (Fsp3) is 0.0323. The number of furan rings is 1. The first-order valence-electron chi connectivity index (χ1n) is 11.5. The topological polar surface area (TPSA) is 13.1 Å². The lowest BCUT2D eigenvalue weighted by molar-refractivity contribution is 0.666.